The summed E-state index contributed by atoms with van der Waals surface area (Å²) in [7, 11) is 0. The fourth-order valence-corrected chi connectivity index (χ4v) is 3.83. The predicted octanol–water partition coefficient (Wildman–Crippen LogP) is 5.47. The Labute approximate surface area is 165 Å². The average Bonchev–Trinajstić information content (AvgIpc) is 2.63. The zero-order valence-electron chi connectivity index (χ0n) is 17.8. The molecule has 0 radical (unpaired) electrons. The molecule has 2 aliphatic carbocycles. The first-order valence-electron chi connectivity index (χ1n) is 10.4. The van der Waals surface area contributed by atoms with E-state index in [1.165, 1.54) is 31.8 Å². The fourth-order valence-electron chi connectivity index (χ4n) is 3.83. The molecule has 2 rings (SSSR count). The van der Waals surface area contributed by atoms with Gasteiger partial charge in [-0.15, -0.1) is 0 Å². The average molecular weight is 379 g/mol. The van der Waals surface area contributed by atoms with E-state index in [0.29, 0.717) is 29.2 Å². The van der Waals surface area contributed by atoms with Crippen LogP contribution in [-0.4, -0.2) is 24.1 Å². The SMILES string of the molecule is C=C(C)C(=O)OC1CCCC(C)C1C.C=CC(=O)OC1CCCC(C)C1C. The Hall–Kier alpha value is -1.58. The summed E-state index contributed by atoms with van der Waals surface area (Å²) in [5, 5.41) is 0. The Balaban J connectivity index is 0.000000271. The molecule has 2 aliphatic rings. The fraction of sp³-hybridized carbons (Fsp3) is 0.739. The summed E-state index contributed by atoms with van der Waals surface area (Å²) in [6.07, 6.45) is 8.30. The minimum absolute atomic E-state index is 0.1000. The first kappa shape index (κ1) is 23.5. The number of carbonyl (C=O) groups is 2. The quantitative estimate of drug-likeness (QED) is 0.481. The Bertz CT molecular complexity index is 524. The molecule has 154 valence electrons. The molecular formula is C23H38O4. The van der Waals surface area contributed by atoms with Crippen molar-refractivity contribution in [2.24, 2.45) is 23.7 Å². The summed E-state index contributed by atoms with van der Waals surface area (Å²) >= 11 is 0. The van der Waals surface area contributed by atoms with Crippen molar-refractivity contribution in [2.75, 3.05) is 0 Å². The molecule has 2 saturated carbocycles. The van der Waals surface area contributed by atoms with Crippen molar-refractivity contribution in [3.63, 3.8) is 0 Å². The maximum Gasteiger partial charge on any atom is 0.333 e. The van der Waals surface area contributed by atoms with Gasteiger partial charge in [0.1, 0.15) is 12.2 Å². The molecule has 0 aromatic heterocycles. The lowest BCUT2D eigenvalue weighted by molar-refractivity contribution is -0.150. The van der Waals surface area contributed by atoms with Gasteiger partial charge in [-0.1, -0.05) is 53.7 Å². The zero-order chi connectivity index (χ0) is 20.6. The summed E-state index contributed by atoms with van der Waals surface area (Å²) in [5.74, 6) is 1.76. The van der Waals surface area contributed by atoms with Crippen LogP contribution in [0.25, 0.3) is 0 Å². The van der Waals surface area contributed by atoms with E-state index < -0.39 is 0 Å². The van der Waals surface area contributed by atoms with Gasteiger partial charge in [0.05, 0.1) is 0 Å². The van der Waals surface area contributed by atoms with E-state index in [9.17, 15) is 9.59 Å². The van der Waals surface area contributed by atoms with Crippen molar-refractivity contribution in [3.05, 3.63) is 24.8 Å². The van der Waals surface area contributed by atoms with Gasteiger partial charge in [0.25, 0.3) is 0 Å². The van der Waals surface area contributed by atoms with Gasteiger partial charge >= 0.3 is 11.9 Å². The largest absolute Gasteiger partial charge is 0.459 e. The second kappa shape index (κ2) is 11.3. The van der Waals surface area contributed by atoms with E-state index in [2.05, 4.69) is 40.9 Å². The molecular weight excluding hydrogens is 340 g/mol. The monoisotopic (exact) mass is 378 g/mol. The highest BCUT2D eigenvalue weighted by Gasteiger charge is 2.30. The molecule has 0 aromatic carbocycles. The van der Waals surface area contributed by atoms with Gasteiger partial charge in [-0.05, 0) is 56.3 Å². The minimum Gasteiger partial charge on any atom is -0.459 e. The van der Waals surface area contributed by atoms with Crippen LogP contribution in [0.5, 0.6) is 0 Å². The minimum atomic E-state index is -0.286. The zero-order valence-corrected chi connectivity index (χ0v) is 17.8. The number of ether oxygens (including phenoxy) is 2. The number of rotatable bonds is 4. The first-order valence-corrected chi connectivity index (χ1v) is 10.4. The van der Waals surface area contributed by atoms with Crippen LogP contribution in [0.4, 0.5) is 0 Å². The molecule has 6 unspecified atom stereocenters. The third-order valence-corrected chi connectivity index (χ3v) is 6.31. The molecule has 4 nitrogen and oxygen atoms in total. The van der Waals surface area contributed by atoms with Gasteiger partial charge in [-0.3, -0.25) is 0 Å². The highest BCUT2D eigenvalue weighted by atomic mass is 16.5. The van der Waals surface area contributed by atoms with Crippen LogP contribution >= 0.6 is 0 Å². The Morgan fingerprint density at radius 1 is 0.852 bits per heavy atom. The molecule has 0 spiro atoms. The number of hydrogen-bond donors (Lipinski definition) is 0. The highest BCUT2D eigenvalue weighted by Crippen LogP contribution is 2.32. The molecule has 0 N–H and O–H groups in total. The molecule has 0 amide bonds. The lowest BCUT2D eigenvalue weighted by Crippen LogP contribution is -2.33. The lowest BCUT2D eigenvalue weighted by atomic mass is 9.79. The molecule has 27 heavy (non-hydrogen) atoms. The maximum atomic E-state index is 11.3. The van der Waals surface area contributed by atoms with Crippen LogP contribution in [0.3, 0.4) is 0 Å². The summed E-state index contributed by atoms with van der Waals surface area (Å²) in [5.41, 5.74) is 0.496. The molecule has 2 fully saturated rings. The van der Waals surface area contributed by atoms with Gasteiger partial charge in [0, 0.05) is 11.6 Å². The van der Waals surface area contributed by atoms with Crippen LogP contribution in [0.1, 0.15) is 73.1 Å². The van der Waals surface area contributed by atoms with Crippen LogP contribution in [0.15, 0.2) is 24.8 Å². The number of carbonyl (C=O) groups excluding carboxylic acids is 2. The maximum absolute atomic E-state index is 11.3. The molecule has 0 saturated heterocycles. The molecule has 6 atom stereocenters. The van der Waals surface area contributed by atoms with Crippen molar-refractivity contribution in [1.82, 2.24) is 0 Å². The summed E-state index contributed by atoms with van der Waals surface area (Å²) in [4.78, 5) is 22.3. The number of esters is 2. The summed E-state index contributed by atoms with van der Waals surface area (Å²) < 4.78 is 10.7. The van der Waals surface area contributed by atoms with Crippen molar-refractivity contribution in [3.8, 4) is 0 Å². The highest BCUT2D eigenvalue weighted by molar-refractivity contribution is 5.87. The third kappa shape index (κ3) is 7.51. The van der Waals surface area contributed by atoms with Gasteiger partial charge in [-0.25, -0.2) is 9.59 Å². The Kier molecular flexibility index (Phi) is 9.82. The smallest absolute Gasteiger partial charge is 0.333 e. The summed E-state index contributed by atoms with van der Waals surface area (Å²) in [6.45, 7) is 17.5. The molecule has 4 heteroatoms. The van der Waals surface area contributed by atoms with Crippen molar-refractivity contribution in [2.45, 2.75) is 85.4 Å². The summed E-state index contributed by atoms with van der Waals surface area (Å²) in [6, 6.07) is 0. The lowest BCUT2D eigenvalue weighted by Gasteiger charge is -2.33. The van der Waals surface area contributed by atoms with Crippen LogP contribution in [0, 0.1) is 23.7 Å². The second-order valence-corrected chi connectivity index (χ2v) is 8.44. The van der Waals surface area contributed by atoms with Crippen molar-refractivity contribution in [1.29, 1.82) is 0 Å². The van der Waals surface area contributed by atoms with E-state index in [4.69, 9.17) is 9.47 Å². The molecule has 0 bridgehead atoms. The third-order valence-electron chi connectivity index (χ3n) is 6.31. The normalized spacial score (nSPS) is 33.1. The standard InChI is InChI=1S/C12H20O2.C11H18O2/c1-8(2)12(13)14-11-7-5-6-9(3)10(11)4;1-4-11(12)13-10-7-5-6-8(2)9(10)3/h9-11H,1,5-7H2,2-4H3;4,8-10H,1,5-7H2,2-3H3. The van der Waals surface area contributed by atoms with Crippen LogP contribution < -0.4 is 0 Å². The van der Waals surface area contributed by atoms with Gasteiger partial charge < -0.3 is 9.47 Å². The van der Waals surface area contributed by atoms with Gasteiger partial charge in [-0.2, -0.15) is 0 Å². The molecule has 0 aromatic rings. The topological polar surface area (TPSA) is 52.6 Å². The first-order chi connectivity index (χ1) is 12.7. The van der Waals surface area contributed by atoms with Crippen molar-refractivity contribution >= 4 is 11.9 Å². The van der Waals surface area contributed by atoms with E-state index in [-0.39, 0.29) is 24.1 Å². The van der Waals surface area contributed by atoms with Crippen molar-refractivity contribution < 1.29 is 19.1 Å². The molecule has 0 aliphatic heterocycles. The second-order valence-electron chi connectivity index (χ2n) is 8.44. The Morgan fingerprint density at radius 3 is 1.70 bits per heavy atom. The molecule has 0 heterocycles. The van der Waals surface area contributed by atoms with E-state index in [1.54, 1.807) is 6.92 Å². The van der Waals surface area contributed by atoms with E-state index >= 15 is 0 Å². The van der Waals surface area contributed by atoms with Gasteiger partial charge in [0.2, 0.25) is 0 Å². The predicted molar refractivity (Wildman–Crippen MR) is 109 cm³/mol. The van der Waals surface area contributed by atoms with Crippen LogP contribution in [-0.2, 0) is 19.1 Å². The number of hydrogen-bond acceptors (Lipinski definition) is 4. The Morgan fingerprint density at radius 2 is 1.30 bits per heavy atom. The van der Waals surface area contributed by atoms with E-state index in [0.717, 1.165) is 12.8 Å². The van der Waals surface area contributed by atoms with E-state index in [1.807, 2.05) is 0 Å². The van der Waals surface area contributed by atoms with Gasteiger partial charge in [0.15, 0.2) is 0 Å². The van der Waals surface area contributed by atoms with Crippen LogP contribution in [0.2, 0.25) is 0 Å².